The highest BCUT2D eigenvalue weighted by Crippen LogP contribution is 2.36. The fourth-order valence-corrected chi connectivity index (χ4v) is 4.60. The first-order valence-corrected chi connectivity index (χ1v) is 10.3. The molecule has 1 aromatic carbocycles. The molecule has 3 fully saturated rings. The summed E-state index contributed by atoms with van der Waals surface area (Å²) in [5.41, 5.74) is 4.24. The molecule has 3 aliphatic rings. The van der Waals surface area contributed by atoms with Gasteiger partial charge in [-0.15, -0.1) is 0 Å². The second-order valence-electron chi connectivity index (χ2n) is 8.65. The molecule has 0 radical (unpaired) electrons. The fourth-order valence-electron chi connectivity index (χ4n) is 4.60. The van der Waals surface area contributed by atoms with Gasteiger partial charge in [-0.3, -0.25) is 9.69 Å². The van der Waals surface area contributed by atoms with E-state index in [9.17, 15) is 4.79 Å². The number of hydrogen-bond acceptors (Lipinski definition) is 3. The second kappa shape index (κ2) is 7.32. The molecule has 2 saturated heterocycles. The molecule has 142 valence electrons. The molecule has 1 aliphatic carbocycles. The predicted octanol–water partition coefficient (Wildman–Crippen LogP) is 3.34. The largest absolute Gasteiger partial charge is 0.375 e. The SMILES string of the molecule is Cc1cccc(C)c1CN1CCC2(CC1)C[C@@H](NC(=O)C1CC1)CCO2. The topological polar surface area (TPSA) is 41.6 Å². The third kappa shape index (κ3) is 3.96. The lowest BCUT2D eigenvalue weighted by Crippen LogP contribution is -2.53. The number of aryl methyl sites for hydroxylation is 2. The first kappa shape index (κ1) is 18.0. The average Bonchev–Trinajstić information content (AvgIpc) is 3.45. The van der Waals surface area contributed by atoms with Crippen LogP contribution < -0.4 is 5.32 Å². The van der Waals surface area contributed by atoms with Gasteiger partial charge in [0.15, 0.2) is 0 Å². The van der Waals surface area contributed by atoms with E-state index in [0.29, 0.717) is 12.0 Å². The van der Waals surface area contributed by atoms with Crippen molar-refractivity contribution in [1.82, 2.24) is 10.2 Å². The number of ether oxygens (including phenoxy) is 1. The van der Waals surface area contributed by atoms with E-state index in [4.69, 9.17) is 4.74 Å². The summed E-state index contributed by atoms with van der Waals surface area (Å²) in [5.74, 6) is 0.576. The van der Waals surface area contributed by atoms with Crippen molar-refractivity contribution in [3.05, 3.63) is 34.9 Å². The van der Waals surface area contributed by atoms with Gasteiger partial charge in [0.1, 0.15) is 0 Å². The molecular formula is C22H32N2O2. The van der Waals surface area contributed by atoms with Crippen LogP contribution in [-0.2, 0) is 16.1 Å². The van der Waals surface area contributed by atoms with Gasteiger partial charge in [-0.05, 0) is 69.1 Å². The van der Waals surface area contributed by atoms with Gasteiger partial charge in [0.25, 0.3) is 0 Å². The molecule has 1 atom stereocenters. The third-order valence-corrected chi connectivity index (χ3v) is 6.58. The smallest absolute Gasteiger partial charge is 0.223 e. The lowest BCUT2D eigenvalue weighted by atomic mass is 9.82. The number of carbonyl (C=O) groups excluding carboxylic acids is 1. The van der Waals surface area contributed by atoms with Crippen LogP contribution in [0.5, 0.6) is 0 Å². The third-order valence-electron chi connectivity index (χ3n) is 6.58. The summed E-state index contributed by atoms with van der Waals surface area (Å²) in [5, 5.41) is 3.29. The minimum absolute atomic E-state index is 0.0168. The zero-order valence-corrected chi connectivity index (χ0v) is 16.2. The number of amides is 1. The number of rotatable bonds is 4. The van der Waals surface area contributed by atoms with Crippen molar-refractivity contribution in [1.29, 1.82) is 0 Å². The monoisotopic (exact) mass is 356 g/mol. The van der Waals surface area contributed by atoms with E-state index in [0.717, 1.165) is 64.8 Å². The molecule has 0 aromatic heterocycles. The van der Waals surface area contributed by atoms with Crippen molar-refractivity contribution in [3.8, 4) is 0 Å². The molecule has 4 rings (SSSR count). The summed E-state index contributed by atoms with van der Waals surface area (Å²) in [6, 6.07) is 6.88. The molecule has 1 N–H and O–H groups in total. The predicted molar refractivity (Wildman–Crippen MR) is 103 cm³/mol. The maximum atomic E-state index is 12.1. The Hall–Kier alpha value is -1.39. The highest BCUT2D eigenvalue weighted by atomic mass is 16.5. The number of benzene rings is 1. The molecule has 2 aliphatic heterocycles. The Kier molecular flexibility index (Phi) is 5.07. The van der Waals surface area contributed by atoms with Gasteiger partial charge in [0.05, 0.1) is 5.60 Å². The standard InChI is InChI=1S/C22H32N2O2/c1-16-4-3-5-17(2)20(16)15-24-11-9-22(10-12-24)14-19(8-13-26-22)23-21(25)18-6-7-18/h3-5,18-19H,6-15H2,1-2H3,(H,23,25)/t19-/m0/s1. The Morgan fingerprint density at radius 1 is 1.19 bits per heavy atom. The van der Waals surface area contributed by atoms with E-state index in [2.05, 4.69) is 42.3 Å². The van der Waals surface area contributed by atoms with Crippen LogP contribution in [0.2, 0.25) is 0 Å². The number of piperidine rings is 1. The van der Waals surface area contributed by atoms with Gasteiger partial charge in [0.2, 0.25) is 5.91 Å². The normalized spacial score (nSPS) is 26.0. The molecule has 4 nitrogen and oxygen atoms in total. The molecule has 26 heavy (non-hydrogen) atoms. The lowest BCUT2D eigenvalue weighted by Gasteiger charge is -2.46. The van der Waals surface area contributed by atoms with E-state index in [1.165, 1.54) is 16.7 Å². The maximum Gasteiger partial charge on any atom is 0.223 e. The molecule has 1 aromatic rings. The minimum Gasteiger partial charge on any atom is -0.375 e. The van der Waals surface area contributed by atoms with E-state index in [-0.39, 0.29) is 11.5 Å². The molecule has 2 heterocycles. The Labute approximate surface area is 157 Å². The first-order chi connectivity index (χ1) is 12.5. The number of likely N-dealkylation sites (tertiary alicyclic amines) is 1. The highest BCUT2D eigenvalue weighted by molar-refractivity contribution is 5.81. The number of carbonyl (C=O) groups is 1. The Balaban J connectivity index is 1.32. The Morgan fingerprint density at radius 2 is 1.88 bits per heavy atom. The Bertz CT molecular complexity index is 640. The van der Waals surface area contributed by atoms with Crippen LogP contribution in [0.15, 0.2) is 18.2 Å². The van der Waals surface area contributed by atoms with E-state index < -0.39 is 0 Å². The summed E-state index contributed by atoms with van der Waals surface area (Å²) in [6.07, 6.45) is 6.26. The highest BCUT2D eigenvalue weighted by Gasteiger charge is 2.41. The van der Waals surface area contributed by atoms with Crippen LogP contribution in [0.4, 0.5) is 0 Å². The van der Waals surface area contributed by atoms with Crippen molar-refractivity contribution in [2.45, 2.75) is 70.6 Å². The van der Waals surface area contributed by atoms with Crippen LogP contribution in [0, 0.1) is 19.8 Å². The van der Waals surface area contributed by atoms with Gasteiger partial charge < -0.3 is 10.1 Å². The molecular weight excluding hydrogens is 324 g/mol. The lowest BCUT2D eigenvalue weighted by molar-refractivity contribution is -0.132. The quantitative estimate of drug-likeness (QED) is 0.900. The minimum atomic E-state index is -0.0168. The van der Waals surface area contributed by atoms with Gasteiger partial charge in [-0.1, -0.05) is 18.2 Å². The van der Waals surface area contributed by atoms with Crippen molar-refractivity contribution in [3.63, 3.8) is 0 Å². The molecule has 0 unspecified atom stereocenters. The summed E-state index contributed by atoms with van der Waals surface area (Å²) in [7, 11) is 0. The molecule has 0 bridgehead atoms. The van der Waals surface area contributed by atoms with Gasteiger partial charge in [0, 0.05) is 38.2 Å². The van der Waals surface area contributed by atoms with Gasteiger partial charge in [-0.2, -0.15) is 0 Å². The van der Waals surface area contributed by atoms with Crippen LogP contribution in [0.3, 0.4) is 0 Å². The van der Waals surface area contributed by atoms with Gasteiger partial charge in [-0.25, -0.2) is 0 Å². The number of hydrogen-bond donors (Lipinski definition) is 1. The van der Waals surface area contributed by atoms with Crippen LogP contribution in [-0.4, -0.2) is 42.1 Å². The number of nitrogens with zero attached hydrogens (tertiary/aromatic N) is 1. The van der Waals surface area contributed by atoms with Crippen molar-refractivity contribution in [2.24, 2.45) is 5.92 Å². The zero-order chi connectivity index (χ0) is 18.1. The van der Waals surface area contributed by atoms with E-state index in [1.54, 1.807) is 0 Å². The average molecular weight is 357 g/mol. The molecule has 1 spiro atoms. The van der Waals surface area contributed by atoms with E-state index >= 15 is 0 Å². The maximum absolute atomic E-state index is 12.1. The summed E-state index contributed by atoms with van der Waals surface area (Å²) >= 11 is 0. The fraction of sp³-hybridized carbons (Fsp3) is 0.682. The summed E-state index contributed by atoms with van der Waals surface area (Å²) in [4.78, 5) is 14.7. The van der Waals surface area contributed by atoms with Crippen LogP contribution >= 0.6 is 0 Å². The molecule has 1 amide bonds. The van der Waals surface area contributed by atoms with E-state index in [1.807, 2.05) is 0 Å². The number of nitrogens with one attached hydrogen (secondary N) is 1. The van der Waals surface area contributed by atoms with Crippen LogP contribution in [0.1, 0.15) is 55.2 Å². The van der Waals surface area contributed by atoms with Gasteiger partial charge >= 0.3 is 0 Å². The first-order valence-electron chi connectivity index (χ1n) is 10.3. The zero-order valence-electron chi connectivity index (χ0n) is 16.2. The van der Waals surface area contributed by atoms with Crippen molar-refractivity contribution >= 4 is 5.91 Å². The van der Waals surface area contributed by atoms with Crippen molar-refractivity contribution in [2.75, 3.05) is 19.7 Å². The summed E-state index contributed by atoms with van der Waals surface area (Å²) < 4.78 is 6.26. The van der Waals surface area contributed by atoms with Crippen LogP contribution in [0.25, 0.3) is 0 Å². The second-order valence-corrected chi connectivity index (χ2v) is 8.65. The summed E-state index contributed by atoms with van der Waals surface area (Å²) in [6.45, 7) is 8.41. The molecule has 1 saturated carbocycles. The van der Waals surface area contributed by atoms with Crippen molar-refractivity contribution < 1.29 is 9.53 Å². The molecule has 4 heteroatoms. The Morgan fingerprint density at radius 3 is 2.54 bits per heavy atom.